The van der Waals surface area contributed by atoms with E-state index in [2.05, 4.69) is 17.2 Å². The van der Waals surface area contributed by atoms with Crippen molar-refractivity contribution in [3.63, 3.8) is 0 Å². The number of unbranched alkanes of at least 4 members (excludes halogenated alkanes) is 1. The SMILES string of the molecule is CCCCc1nc(CO)c(C(=O)NCC(=O)OCC)n1Cc1ccc(-c2ccccc2C(=O)O)cc1. The van der Waals surface area contributed by atoms with E-state index in [1.165, 1.54) is 0 Å². The molecular formula is C27H31N3O6. The summed E-state index contributed by atoms with van der Waals surface area (Å²) in [6.45, 7) is 3.56. The van der Waals surface area contributed by atoms with Crippen LogP contribution in [0.15, 0.2) is 48.5 Å². The van der Waals surface area contributed by atoms with Gasteiger partial charge in [-0.3, -0.25) is 9.59 Å². The maximum absolute atomic E-state index is 13.0. The predicted molar refractivity (Wildman–Crippen MR) is 134 cm³/mol. The van der Waals surface area contributed by atoms with Crippen molar-refractivity contribution in [2.75, 3.05) is 13.2 Å². The molecule has 0 atom stereocenters. The molecule has 0 fully saturated rings. The molecular weight excluding hydrogens is 462 g/mol. The quantitative estimate of drug-likeness (QED) is 0.330. The lowest BCUT2D eigenvalue weighted by Crippen LogP contribution is -2.33. The Morgan fingerprint density at radius 3 is 2.42 bits per heavy atom. The average Bonchev–Trinajstić information content (AvgIpc) is 3.23. The third-order valence-electron chi connectivity index (χ3n) is 5.70. The molecule has 1 heterocycles. The zero-order chi connectivity index (χ0) is 26.1. The van der Waals surface area contributed by atoms with Gasteiger partial charge in [-0.25, -0.2) is 9.78 Å². The van der Waals surface area contributed by atoms with Crippen LogP contribution < -0.4 is 5.32 Å². The van der Waals surface area contributed by atoms with Crippen LogP contribution in [-0.4, -0.2) is 50.8 Å². The van der Waals surface area contributed by atoms with E-state index in [0.29, 0.717) is 24.4 Å². The van der Waals surface area contributed by atoms with E-state index in [0.717, 1.165) is 24.0 Å². The minimum atomic E-state index is -0.997. The largest absolute Gasteiger partial charge is 0.478 e. The minimum absolute atomic E-state index is 0.202. The molecule has 3 aromatic rings. The van der Waals surface area contributed by atoms with Crippen LogP contribution in [-0.2, 0) is 29.1 Å². The molecule has 3 rings (SSSR count). The van der Waals surface area contributed by atoms with Crippen molar-refractivity contribution in [3.05, 3.63) is 76.9 Å². The summed E-state index contributed by atoms with van der Waals surface area (Å²) < 4.78 is 6.64. The first-order valence-electron chi connectivity index (χ1n) is 11.9. The normalized spacial score (nSPS) is 10.8. The first-order valence-corrected chi connectivity index (χ1v) is 11.9. The summed E-state index contributed by atoms with van der Waals surface area (Å²) >= 11 is 0. The van der Waals surface area contributed by atoms with Gasteiger partial charge in [0.25, 0.3) is 5.91 Å². The monoisotopic (exact) mass is 493 g/mol. The number of carbonyl (C=O) groups excluding carboxylic acids is 2. The predicted octanol–water partition coefficient (Wildman–Crippen LogP) is 3.42. The number of carboxylic acids is 1. The molecule has 0 saturated heterocycles. The maximum atomic E-state index is 13.0. The van der Waals surface area contributed by atoms with E-state index in [1.54, 1.807) is 35.8 Å². The molecule has 0 aliphatic rings. The lowest BCUT2D eigenvalue weighted by molar-refractivity contribution is -0.141. The van der Waals surface area contributed by atoms with Crippen LogP contribution in [0.5, 0.6) is 0 Å². The van der Waals surface area contributed by atoms with Gasteiger partial charge in [0.1, 0.15) is 18.1 Å². The van der Waals surface area contributed by atoms with Gasteiger partial charge in [-0.2, -0.15) is 0 Å². The highest BCUT2D eigenvalue weighted by Gasteiger charge is 2.23. The summed E-state index contributed by atoms with van der Waals surface area (Å²) in [5, 5.41) is 22.0. The van der Waals surface area contributed by atoms with Crippen molar-refractivity contribution in [3.8, 4) is 11.1 Å². The van der Waals surface area contributed by atoms with Crippen LogP contribution in [0.1, 0.15) is 64.6 Å². The summed E-state index contributed by atoms with van der Waals surface area (Å²) in [5.41, 5.74) is 2.91. The molecule has 9 nitrogen and oxygen atoms in total. The second-order valence-electron chi connectivity index (χ2n) is 8.21. The number of carbonyl (C=O) groups is 3. The topological polar surface area (TPSA) is 131 Å². The Hall–Kier alpha value is -3.98. The zero-order valence-corrected chi connectivity index (χ0v) is 20.5. The molecule has 0 saturated carbocycles. The lowest BCUT2D eigenvalue weighted by atomic mass is 9.98. The number of carboxylic acid groups (broad SMARTS) is 1. The fourth-order valence-electron chi connectivity index (χ4n) is 3.96. The number of esters is 1. The van der Waals surface area contributed by atoms with Crippen molar-refractivity contribution in [1.29, 1.82) is 0 Å². The van der Waals surface area contributed by atoms with Crippen molar-refractivity contribution >= 4 is 17.8 Å². The van der Waals surface area contributed by atoms with Crippen molar-refractivity contribution in [2.45, 2.75) is 46.3 Å². The third kappa shape index (κ3) is 6.37. The van der Waals surface area contributed by atoms with Crippen LogP contribution in [0.2, 0.25) is 0 Å². The Morgan fingerprint density at radius 2 is 1.78 bits per heavy atom. The van der Waals surface area contributed by atoms with Gasteiger partial charge < -0.3 is 24.8 Å². The molecule has 1 amide bonds. The number of amides is 1. The molecule has 9 heteroatoms. The fraction of sp³-hybridized carbons (Fsp3) is 0.333. The number of hydrogen-bond donors (Lipinski definition) is 3. The smallest absolute Gasteiger partial charge is 0.336 e. The summed E-state index contributed by atoms with van der Waals surface area (Å²) in [6.07, 6.45) is 2.42. The number of hydrogen-bond acceptors (Lipinski definition) is 6. The summed E-state index contributed by atoms with van der Waals surface area (Å²) in [4.78, 5) is 40.9. The number of benzene rings is 2. The van der Waals surface area contributed by atoms with E-state index >= 15 is 0 Å². The fourth-order valence-corrected chi connectivity index (χ4v) is 3.96. The number of nitrogens with one attached hydrogen (secondary N) is 1. The Labute approximate surface area is 209 Å². The molecule has 36 heavy (non-hydrogen) atoms. The first-order chi connectivity index (χ1) is 17.4. The van der Waals surface area contributed by atoms with Crippen molar-refractivity contribution in [2.24, 2.45) is 0 Å². The van der Waals surface area contributed by atoms with E-state index in [-0.39, 0.29) is 30.1 Å². The number of nitrogens with zero attached hydrogens (tertiary/aromatic N) is 2. The third-order valence-corrected chi connectivity index (χ3v) is 5.70. The van der Waals surface area contributed by atoms with E-state index in [4.69, 9.17) is 4.74 Å². The van der Waals surface area contributed by atoms with Gasteiger partial charge in [-0.15, -0.1) is 0 Å². The molecule has 0 spiro atoms. The number of aliphatic hydroxyl groups is 1. The number of aromatic carboxylic acids is 1. The molecule has 2 aromatic carbocycles. The second-order valence-corrected chi connectivity index (χ2v) is 8.21. The summed E-state index contributed by atoms with van der Waals surface area (Å²) in [7, 11) is 0. The summed E-state index contributed by atoms with van der Waals surface area (Å²) in [5.74, 6) is -1.40. The Bertz CT molecular complexity index is 1220. The lowest BCUT2D eigenvalue weighted by Gasteiger charge is -2.14. The van der Waals surface area contributed by atoms with Crippen LogP contribution in [0, 0.1) is 0 Å². The minimum Gasteiger partial charge on any atom is -0.478 e. The number of ether oxygens (including phenoxy) is 1. The van der Waals surface area contributed by atoms with Gasteiger partial charge in [0.2, 0.25) is 0 Å². The number of imidazole rings is 1. The van der Waals surface area contributed by atoms with Crippen LogP contribution in [0.4, 0.5) is 0 Å². The molecule has 0 unspecified atom stereocenters. The maximum Gasteiger partial charge on any atom is 0.336 e. The van der Waals surface area contributed by atoms with Crippen LogP contribution in [0.3, 0.4) is 0 Å². The Kier molecular flexibility index (Phi) is 9.35. The highest BCUT2D eigenvalue weighted by molar-refractivity contribution is 5.96. The molecule has 3 N–H and O–H groups in total. The zero-order valence-electron chi connectivity index (χ0n) is 20.5. The number of aromatic nitrogens is 2. The number of aliphatic hydroxyl groups excluding tert-OH is 1. The van der Waals surface area contributed by atoms with Gasteiger partial charge in [-0.05, 0) is 36.1 Å². The number of rotatable bonds is 12. The molecule has 0 radical (unpaired) electrons. The van der Waals surface area contributed by atoms with Crippen LogP contribution in [0.25, 0.3) is 11.1 Å². The standard InChI is InChI=1S/C27H31N3O6/c1-3-5-10-23-29-22(17-31)25(26(33)28-15-24(32)36-4-2)30(23)16-18-11-13-19(14-12-18)20-8-6-7-9-21(20)27(34)35/h6-9,11-14,31H,3-5,10,15-17H2,1-2H3,(H,28,33)(H,34,35). The van der Waals surface area contributed by atoms with E-state index < -0.39 is 24.5 Å². The van der Waals surface area contributed by atoms with Gasteiger partial charge in [0, 0.05) is 13.0 Å². The van der Waals surface area contributed by atoms with Gasteiger partial charge in [0.05, 0.1) is 24.5 Å². The molecule has 0 bridgehead atoms. The highest BCUT2D eigenvalue weighted by atomic mass is 16.5. The Balaban J connectivity index is 1.92. The van der Waals surface area contributed by atoms with Crippen molar-refractivity contribution in [1.82, 2.24) is 14.9 Å². The number of aryl methyl sites for hydroxylation is 1. The van der Waals surface area contributed by atoms with Gasteiger partial charge in [0.15, 0.2) is 0 Å². The van der Waals surface area contributed by atoms with Crippen LogP contribution >= 0.6 is 0 Å². The molecule has 190 valence electrons. The first kappa shape index (κ1) is 26.6. The Morgan fingerprint density at radius 1 is 1.06 bits per heavy atom. The van der Waals surface area contributed by atoms with E-state index in [9.17, 15) is 24.6 Å². The average molecular weight is 494 g/mol. The van der Waals surface area contributed by atoms with E-state index in [1.807, 2.05) is 24.3 Å². The molecule has 0 aliphatic heterocycles. The molecule has 0 aliphatic carbocycles. The molecule has 1 aromatic heterocycles. The van der Waals surface area contributed by atoms with Gasteiger partial charge >= 0.3 is 11.9 Å². The van der Waals surface area contributed by atoms with Gasteiger partial charge in [-0.1, -0.05) is 55.8 Å². The second kappa shape index (κ2) is 12.6. The highest BCUT2D eigenvalue weighted by Crippen LogP contribution is 2.25. The summed E-state index contributed by atoms with van der Waals surface area (Å²) in [6, 6.07) is 14.2. The van der Waals surface area contributed by atoms with Crippen molar-refractivity contribution < 1.29 is 29.3 Å².